The van der Waals surface area contributed by atoms with Crippen LogP contribution in [0, 0.1) is 6.92 Å². The minimum atomic E-state index is -4.98. The molecule has 2 aromatic heterocycles. The molecule has 2 heterocycles. The number of halogens is 3. The zero-order valence-electron chi connectivity index (χ0n) is 13.9. The van der Waals surface area contributed by atoms with Crippen LogP contribution >= 0.6 is 0 Å². The predicted octanol–water partition coefficient (Wildman–Crippen LogP) is 2.76. The minimum Gasteiger partial charge on any atom is -0.459 e. The molecule has 0 fully saturated rings. The summed E-state index contributed by atoms with van der Waals surface area (Å²) in [6, 6.07) is 10.8. The van der Waals surface area contributed by atoms with Crippen LogP contribution in [0.5, 0.6) is 0 Å². The molecule has 7 nitrogen and oxygen atoms in total. The number of carbonyl (C=O) groups excluding carboxylic acids is 1. The van der Waals surface area contributed by atoms with Crippen LogP contribution in [0.1, 0.15) is 21.8 Å². The molecule has 0 aliphatic carbocycles. The second-order valence-electron chi connectivity index (χ2n) is 5.46. The van der Waals surface area contributed by atoms with Crippen LogP contribution in [0.25, 0.3) is 5.69 Å². The van der Waals surface area contributed by atoms with Gasteiger partial charge < -0.3 is 4.42 Å². The monoisotopic (exact) mass is 378 g/mol. The Bertz CT molecular complexity index is 1030. The van der Waals surface area contributed by atoms with Crippen LogP contribution in [0.3, 0.4) is 0 Å². The number of carbonyl (C=O) groups is 1. The molecule has 0 saturated carbocycles. The summed E-state index contributed by atoms with van der Waals surface area (Å²) < 4.78 is 46.3. The number of amides is 1. The van der Waals surface area contributed by atoms with Gasteiger partial charge in [0.15, 0.2) is 11.5 Å². The van der Waals surface area contributed by atoms with Crippen LogP contribution < -0.4 is 11.0 Å². The van der Waals surface area contributed by atoms with Crippen molar-refractivity contribution in [1.29, 1.82) is 0 Å². The number of hydrogen-bond donors (Lipinski definition) is 2. The molecule has 0 spiro atoms. The third-order valence-corrected chi connectivity index (χ3v) is 3.61. The third kappa shape index (κ3) is 3.68. The van der Waals surface area contributed by atoms with E-state index in [-0.39, 0.29) is 11.5 Å². The van der Waals surface area contributed by atoms with Crippen molar-refractivity contribution in [1.82, 2.24) is 15.2 Å². The summed E-state index contributed by atoms with van der Waals surface area (Å²) in [5.74, 6) is -1.19. The summed E-state index contributed by atoms with van der Waals surface area (Å²) in [4.78, 5) is 24.4. The van der Waals surface area contributed by atoms with Gasteiger partial charge in [0.1, 0.15) is 0 Å². The Labute approximate surface area is 150 Å². The van der Waals surface area contributed by atoms with Gasteiger partial charge in [-0.3, -0.25) is 14.7 Å². The van der Waals surface area contributed by atoms with Gasteiger partial charge in [-0.05, 0) is 31.2 Å². The topological polar surface area (TPSA) is 92.4 Å². The molecule has 0 radical (unpaired) electrons. The fourth-order valence-electron chi connectivity index (χ4n) is 2.41. The molecule has 3 rings (SSSR count). The SMILES string of the molecule is Cc1[nH]n(-c2ccccc2)c(=O)c1/C(=N/NC(=O)c1ccco1)C(F)(F)F. The van der Waals surface area contributed by atoms with Crippen molar-refractivity contribution in [2.75, 3.05) is 0 Å². The Morgan fingerprint density at radius 2 is 1.89 bits per heavy atom. The first-order valence-electron chi connectivity index (χ1n) is 7.65. The van der Waals surface area contributed by atoms with Crippen LogP contribution in [0.2, 0.25) is 0 Å². The Kier molecular flexibility index (Phi) is 4.72. The summed E-state index contributed by atoms with van der Waals surface area (Å²) in [5.41, 5.74) is -1.07. The van der Waals surface area contributed by atoms with E-state index in [1.807, 2.05) is 0 Å². The standard InChI is InChI=1S/C17H13F3N4O3/c1-10-13(16(26)24(23-10)11-6-3-2-4-7-11)14(17(18,19)20)21-22-15(25)12-8-5-9-27-12/h2-9,23H,1H3,(H,22,25)/b21-14-. The predicted molar refractivity (Wildman–Crippen MR) is 89.9 cm³/mol. The van der Waals surface area contributed by atoms with Crippen molar-refractivity contribution in [2.45, 2.75) is 13.1 Å². The van der Waals surface area contributed by atoms with E-state index >= 15 is 0 Å². The lowest BCUT2D eigenvalue weighted by Crippen LogP contribution is -2.33. The highest BCUT2D eigenvalue weighted by Crippen LogP contribution is 2.22. The molecule has 0 atom stereocenters. The molecule has 27 heavy (non-hydrogen) atoms. The van der Waals surface area contributed by atoms with Gasteiger partial charge in [0.05, 0.1) is 17.5 Å². The molecule has 0 aliphatic rings. The molecule has 0 saturated heterocycles. The molecule has 0 bridgehead atoms. The zero-order valence-corrected chi connectivity index (χ0v) is 13.9. The molecule has 140 valence electrons. The van der Waals surface area contributed by atoms with Crippen molar-refractivity contribution in [2.24, 2.45) is 5.10 Å². The first kappa shape index (κ1) is 18.2. The molecule has 1 amide bonds. The van der Waals surface area contributed by atoms with Crippen molar-refractivity contribution < 1.29 is 22.4 Å². The smallest absolute Gasteiger partial charge is 0.435 e. The Morgan fingerprint density at radius 3 is 2.48 bits per heavy atom. The third-order valence-electron chi connectivity index (χ3n) is 3.61. The summed E-state index contributed by atoms with van der Waals surface area (Å²) in [6.07, 6.45) is -3.78. The van der Waals surface area contributed by atoms with E-state index in [0.717, 1.165) is 4.68 Å². The fraction of sp³-hybridized carbons (Fsp3) is 0.118. The lowest BCUT2D eigenvalue weighted by atomic mass is 10.1. The highest BCUT2D eigenvalue weighted by atomic mass is 19.4. The van der Waals surface area contributed by atoms with Crippen LogP contribution in [0.15, 0.2) is 63.0 Å². The minimum absolute atomic E-state index is 0.0489. The number of aryl methyl sites for hydroxylation is 1. The van der Waals surface area contributed by atoms with Crippen molar-refractivity contribution >= 4 is 11.6 Å². The quantitative estimate of drug-likeness (QED) is 0.540. The van der Waals surface area contributed by atoms with Gasteiger partial charge in [-0.15, -0.1) is 0 Å². The molecule has 2 N–H and O–H groups in total. The average Bonchev–Trinajstić information content (AvgIpc) is 3.25. The number of furan rings is 1. The fourth-order valence-corrected chi connectivity index (χ4v) is 2.41. The van der Waals surface area contributed by atoms with Gasteiger partial charge in [-0.25, -0.2) is 10.1 Å². The second kappa shape index (κ2) is 6.98. The Morgan fingerprint density at radius 1 is 1.19 bits per heavy atom. The lowest BCUT2D eigenvalue weighted by Gasteiger charge is -2.09. The molecular formula is C17H13F3N4O3. The number of rotatable bonds is 4. The van der Waals surface area contributed by atoms with Crippen LogP contribution in [-0.2, 0) is 0 Å². The molecule has 0 aliphatic heterocycles. The molecule has 10 heteroatoms. The van der Waals surface area contributed by atoms with Crippen molar-refractivity contribution in [3.8, 4) is 5.69 Å². The van der Waals surface area contributed by atoms with Gasteiger partial charge >= 0.3 is 12.1 Å². The Balaban J connectivity index is 2.04. The van der Waals surface area contributed by atoms with E-state index in [1.54, 1.807) is 35.8 Å². The van der Waals surface area contributed by atoms with E-state index in [9.17, 15) is 22.8 Å². The number of hydrogen-bond acceptors (Lipinski definition) is 4. The number of H-pyrrole nitrogens is 1. The highest BCUT2D eigenvalue weighted by Gasteiger charge is 2.41. The maximum atomic E-state index is 13.5. The lowest BCUT2D eigenvalue weighted by molar-refractivity contribution is -0.0584. The molecule has 1 aromatic carbocycles. The normalized spacial score (nSPS) is 12.2. The van der Waals surface area contributed by atoms with Gasteiger partial charge in [0.2, 0.25) is 0 Å². The highest BCUT2D eigenvalue weighted by molar-refractivity contribution is 6.06. The van der Waals surface area contributed by atoms with Crippen LogP contribution in [0.4, 0.5) is 13.2 Å². The van der Waals surface area contributed by atoms with E-state index in [0.29, 0.717) is 5.69 Å². The summed E-state index contributed by atoms with van der Waals surface area (Å²) >= 11 is 0. The summed E-state index contributed by atoms with van der Waals surface area (Å²) in [6.45, 7) is 1.31. The van der Waals surface area contributed by atoms with Crippen molar-refractivity contribution in [3.63, 3.8) is 0 Å². The number of aromatic nitrogens is 2. The number of nitrogens with one attached hydrogen (secondary N) is 2. The molecule has 3 aromatic rings. The largest absolute Gasteiger partial charge is 0.459 e. The van der Waals surface area contributed by atoms with E-state index in [2.05, 4.69) is 10.2 Å². The van der Waals surface area contributed by atoms with Gasteiger partial charge in [-0.2, -0.15) is 18.3 Å². The van der Waals surface area contributed by atoms with E-state index in [1.165, 1.54) is 25.3 Å². The first-order chi connectivity index (χ1) is 12.8. The number of nitrogens with zero attached hydrogens (tertiary/aromatic N) is 2. The van der Waals surface area contributed by atoms with Gasteiger partial charge in [0, 0.05) is 5.69 Å². The Hall–Kier alpha value is -3.56. The van der Waals surface area contributed by atoms with Crippen LogP contribution in [-0.4, -0.2) is 27.6 Å². The van der Waals surface area contributed by atoms with Crippen molar-refractivity contribution in [3.05, 3.63) is 76.1 Å². The van der Waals surface area contributed by atoms with Gasteiger partial charge in [0.25, 0.3) is 5.56 Å². The first-order valence-corrected chi connectivity index (χ1v) is 7.65. The zero-order chi connectivity index (χ0) is 19.6. The summed E-state index contributed by atoms with van der Waals surface area (Å²) in [5, 5.41) is 5.74. The summed E-state index contributed by atoms with van der Waals surface area (Å²) in [7, 11) is 0. The average molecular weight is 378 g/mol. The number of alkyl halides is 3. The number of aromatic amines is 1. The maximum Gasteiger partial charge on any atom is 0.435 e. The number of para-hydroxylation sites is 1. The molecule has 0 unspecified atom stereocenters. The molecular weight excluding hydrogens is 365 g/mol. The maximum absolute atomic E-state index is 13.5. The van der Waals surface area contributed by atoms with E-state index < -0.39 is 28.9 Å². The van der Waals surface area contributed by atoms with Gasteiger partial charge in [-0.1, -0.05) is 18.2 Å². The second-order valence-corrected chi connectivity index (χ2v) is 5.46. The number of hydrazone groups is 1. The number of benzene rings is 1. The van der Waals surface area contributed by atoms with E-state index in [4.69, 9.17) is 4.42 Å².